The SMILES string of the molecule is CCN(CC)C[C@@H](C)C1(O)c2ccccc2Sc2ccccc21. The van der Waals surface area contributed by atoms with E-state index in [2.05, 4.69) is 62.1 Å². The summed E-state index contributed by atoms with van der Waals surface area (Å²) in [5.41, 5.74) is 1.16. The molecule has 1 aliphatic rings. The Labute approximate surface area is 143 Å². The molecule has 0 bridgehead atoms. The average Bonchev–Trinajstić information content (AvgIpc) is 2.59. The number of benzene rings is 2. The summed E-state index contributed by atoms with van der Waals surface area (Å²) >= 11 is 1.76. The van der Waals surface area contributed by atoms with Crippen molar-refractivity contribution in [2.24, 2.45) is 5.92 Å². The van der Waals surface area contributed by atoms with Gasteiger partial charge in [-0.2, -0.15) is 0 Å². The second-order valence-corrected chi connectivity index (χ2v) is 7.33. The molecule has 2 aromatic carbocycles. The van der Waals surface area contributed by atoms with Gasteiger partial charge in [0.05, 0.1) is 0 Å². The van der Waals surface area contributed by atoms with E-state index in [9.17, 15) is 5.11 Å². The molecule has 1 aliphatic heterocycles. The maximum atomic E-state index is 11.8. The molecule has 0 aromatic heterocycles. The second-order valence-electron chi connectivity index (χ2n) is 6.25. The fourth-order valence-electron chi connectivity index (χ4n) is 3.54. The van der Waals surface area contributed by atoms with Crippen molar-refractivity contribution in [1.82, 2.24) is 4.90 Å². The van der Waals surface area contributed by atoms with Crippen molar-refractivity contribution in [3.05, 3.63) is 59.7 Å². The molecule has 0 radical (unpaired) electrons. The number of hydrogen-bond acceptors (Lipinski definition) is 3. The van der Waals surface area contributed by atoms with Crippen LogP contribution in [0, 0.1) is 5.92 Å². The lowest BCUT2D eigenvalue weighted by molar-refractivity contribution is 0.00329. The molecule has 122 valence electrons. The van der Waals surface area contributed by atoms with Crippen LogP contribution < -0.4 is 0 Å². The predicted molar refractivity (Wildman–Crippen MR) is 97.0 cm³/mol. The molecule has 1 heterocycles. The first kappa shape index (κ1) is 16.6. The summed E-state index contributed by atoms with van der Waals surface area (Å²) in [6.07, 6.45) is 0. The van der Waals surface area contributed by atoms with E-state index in [0.29, 0.717) is 0 Å². The number of fused-ring (bicyclic) bond motifs is 2. The van der Waals surface area contributed by atoms with E-state index in [4.69, 9.17) is 0 Å². The fraction of sp³-hybridized carbons (Fsp3) is 0.400. The molecular weight excluding hydrogens is 302 g/mol. The zero-order valence-electron chi connectivity index (χ0n) is 14.1. The molecule has 3 rings (SSSR count). The van der Waals surface area contributed by atoms with Crippen LogP contribution in [0.5, 0.6) is 0 Å². The first-order valence-electron chi connectivity index (χ1n) is 8.42. The van der Waals surface area contributed by atoms with E-state index < -0.39 is 5.60 Å². The number of hydrogen-bond donors (Lipinski definition) is 1. The van der Waals surface area contributed by atoms with Gasteiger partial charge < -0.3 is 10.0 Å². The van der Waals surface area contributed by atoms with Crippen LogP contribution in [0.1, 0.15) is 31.9 Å². The Balaban J connectivity index is 2.09. The van der Waals surface area contributed by atoms with Gasteiger partial charge in [0.25, 0.3) is 0 Å². The van der Waals surface area contributed by atoms with E-state index in [-0.39, 0.29) is 5.92 Å². The smallest absolute Gasteiger partial charge is 0.121 e. The summed E-state index contributed by atoms with van der Waals surface area (Å²) in [7, 11) is 0. The fourth-order valence-corrected chi connectivity index (χ4v) is 4.73. The summed E-state index contributed by atoms with van der Waals surface area (Å²) in [5, 5.41) is 11.8. The summed E-state index contributed by atoms with van der Waals surface area (Å²) < 4.78 is 0. The van der Waals surface area contributed by atoms with E-state index in [1.807, 2.05) is 12.1 Å². The maximum absolute atomic E-state index is 11.8. The van der Waals surface area contributed by atoms with E-state index in [1.54, 1.807) is 11.8 Å². The lowest BCUT2D eigenvalue weighted by Crippen LogP contribution is -2.43. The summed E-state index contributed by atoms with van der Waals surface area (Å²) in [4.78, 5) is 4.72. The summed E-state index contributed by atoms with van der Waals surface area (Å²) in [6, 6.07) is 16.6. The van der Waals surface area contributed by atoms with Crippen LogP contribution in [0.3, 0.4) is 0 Å². The predicted octanol–water partition coefficient (Wildman–Crippen LogP) is 4.37. The van der Waals surface area contributed by atoms with Crippen molar-refractivity contribution in [2.45, 2.75) is 36.2 Å². The van der Waals surface area contributed by atoms with Gasteiger partial charge in [0.1, 0.15) is 5.60 Å². The van der Waals surface area contributed by atoms with Crippen LogP contribution in [0.2, 0.25) is 0 Å². The molecule has 23 heavy (non-hydrogen) atoms. The first-order valence-corrected chi connectivity index (χ1v) is 9.24. The van der Waals surface area contributed by atoms with Gasteiger partial charge in [0.2, 0.25) is 0 Å². The maximum Gasteiger partial charge on any atom is 0.121 e. The highest BCUT2D eigenvalue weighted by molar-refractivity contribution is 7.99. The van der Waals surface area contributed by atoms with Gasteiger partial charge in [0, 0.05) is 33.4 Å². The molecule has 2 aromatic rings. The van der Waals surface area contributed by atoms with Crippen molar-refractivity contribution >= 4 is 11.8 Å². The lowest BCUT2D eigenvalue weighted by Gasteiger charge is -2.42. The van der Waals surface area contributed by atoms with Gasteiger partial charge in [-0.3, -0.25) is 0 Å². The molecule has 0 aliphatic carbocycles. The van der Waals surface area contributed by atoms with E-state index in [1.165, 1.54) is 9.79 Å². The molecule has 1 atom stereocenters. The largest absolute Gasteiger partial charge is 0.380 e. The third-order valence-corrected chi connectivity index (χ3v) is 6.11. The molecule has 0 fully saturated rings. The highest BCUT2D eigenvalue weighted by Crippen LogP contribution is 2.51. The Morgan fingerprint density at radius 3 is 1.91 bits per heavy atom. The number of rotatable bonds is 5. The van der Waals surface area contributed by atoms with Gasteiger partial charge in [-0.25, -0.2) is 0 Å². The van der Waals surface area contributed by atoms with Crippen LogP contribution in [-0.4, -0.2) is 29.6 Å². The van der Waals surface area contributed by atoms with Crippen LogP contribution in [0.25, 0.3) is 0 Å². The lowest BCUT2D eigenvalue weighted by atomic mass is 9.76. The van der Waals surface area contributed by atoms with Crippen molar-refractivity contribution in [1.29, 1.82) is 0 Å². The summed E-state index contributed by atoms with van der Waals surface area (Å²) in [5.74, 6) is 0.116. The van der Waals surface area contributed by atoms with Crippen molar-refractivity contribution in [3.8, 4) is 0 Å². The molecule has 0 saturated carbocycles. The normalized spacial score (nSPS) is 16.7. The van der Waals surface area contributed by atoms with E-state index in [0.717, 1.165) is 30.8 Å². The minimum absolute atomic E-state index is 0.116. The van der Waals surface area contributed by atoms with Crippen LogP contribution in [0.15, 0.2) is 58.3 Å². The van der Waals surface area contributed by atoms with Crippen molar-refractivity contribution < 1.29 is 5.11 Å². The Hall–Kier alpha value is -1.29. The van der Waals surface area contributed by atoms with Gasteiger partial charge in [-0.15, -0.1) is 0 Å². The average molecular weight is 327 g/mol. The topological polar surface area (TPSA) is 23.5 Å². The van der Waals surface area contributed by atoms with Crippen molar-refractivity contribution in [3.63, 3.8) is 0 Å². The second kappa shape index (κ2) is 6.68. The molecular formula is C20H25NOS. The molecule has 0 spiro atoms. The first-order chi connectivity index (χ1) is 11.1. The standard InChI is InChI=1S/C20H25NOS/c1-4-21(5-2)14-15(3)20(22)16-10-6-8-12-18(16)23-19-13-9-7-11-17(19)20/h6-13,15,22H,4-5,14H2,1-3H3/t15-/m1/s1. The molecule has 0 saturated heterocycles. The monoisotopic (exact) mass is 327 g/mol. The molecule has 2 nitrogen and oxygen atoms in total. The minimum atomic E-state index is -0.930. The quantitative estimate of drug-likeness (QED) is 0.882. The van der Waals surface area contributed by atoms with Gasteiger partial charge in [0.15, 0.2) is 0 Å². The van der Waals surface area contributed by atoms with Crippen LogP contribution in [0.4, 0.5) is 0 Å². The van der Waals surface area contributed by atoms with E-state index >= 15 is 0 Å². The third kappa shape index (κ3) is 2.82. The molecule has 0 amide bonds. The zero-order valence-corrected chi connectivity index (χ0v) is 14.9. The Bertz CT molecular complexity index is 635. The highest BCUT2D eigenvalue weighted by Gasteiger charge is 2.43. The van der Waals surface area contributed by atoms with Crippen LogP contribution >= 0.6 is 11.8 Å². The molecule has 3 heteroatoms. The Morgan fingerprint density at radius 2 is 1.43 bits per heavy atom. The summed E-state index contributed by atoms with van der Waals surface area (Å²) in [6.45, 7) is 9.43. The number of nitrogens with zero attached hydrogens (tertiary/aromatic N) is 1. The molecule has 0 unspecified atom stereocenters. The van der Waals surface area contributed by atoms with Gasteiger partial charge >= 0.3 is 0 Å². The molecule has 1 N–H and O–H groups in total. The van der Waals surface area contributed by atoms with Gasteiger partial charge in [-0.05, 0) is 25.2 Å². The minimum Gasteiger partial charge on any atom is -0.380 e. The van der Waals surface area contributed by atoms with Gasteiger partial charge in [-0.1, -0.05) is 68.9 Å². The van der Waals surface area contributed by atoms with Crippen LogP contribution in [-0.2, 0) is 5.60 Å². The number of aliphatic hydroxyl groups is 1. The Kier molecular flexibility index (Phi) is 4.81. The third-order valence-electron chi connectivity index (χ3n) is 4.95. The zero-order chi connectivity index (χ0) is 16.4. The highest BCUT2D eigenvalue weighted by atomic mass is 32.2. The van der Waals surface area contributed by atoms with Crippen molar-refractivity contribution in [2.75, 3.05) is 19.6 Å². The Morgan fingerprint density at radius 1 is 0.957 bits per heavy atom.